The molecule has 1 saturated carbocycles. The molecule has 4 nitrogen and oxygen atoms in total. The van der Waals surface area contributed by atoms with Gasteiger partial charge in [0, 0.05) is 20.6 Å². The summed E-state index contributed by atoms with van der Waals surface area (Å²) in [6.45, 7) is 0.996. The number of rotatable bonds is 4. The molecule has 4 heteroatoms. The molecule has 0 atom stereocenters. The van der Waals surface area contributed by atoms with Crippen molar-refractivity contribution in [2.24, 2.45) is 5.92 Å². The average molecular weight is 184 g/mol. The number of hydrogen-bond acceptors (Lipinski definition) is 2. The van der Waals surface area contributed by atoms with E-state index in [0.29, 0.717) is 5.92 Å². The van der Waals surface area contributed by atoms with Crippen LogP contribution in [0.4, 0.5) is 4.79 Å². The fourth-order valence-corrected chi connectivity index (χ4v) is 1.25. The maximum Gasteiger partial charge on any atom is 0.319 e. The van der Waals surface area contributed by atoms with Gasteiger partial charge in [-0.1, -0.05) is 0 Å². The van der Waals surface area contributed by atoms with E-state index in [0.717, 1.165) is 12.8 Å². The van der Waals surface area contributed by atoms with Crippen LogP contribution in [0.25, 0.3) is 0 Å². The Hall–Kier alpha value is -1.06. The summed E-state index contributed by atoms with van der Waals surface area (Å²) < 4.78 is 0. The van der Waals surface area contributed by atoms with Crippen molar-refractivity contribution >= 4 is 12.3 Å². The summed E-state index contributed by atoms with van der Waals surface area (Å²) in [7, 11) is 3.42. The Labute approximate surface area is 78.5 Å². The van der Waals surface area contributed by atoms with Crippen molar-refractivity contribution in [1.82, 2.24) is 9.80 Å². The standard InChI is InChI=1S/C9H16N2O2/c1-10(5-6-12)9(13)11(2)7-8-3-4-8/h6,8H,3-5,7H2,1-2H3. The summed E-state index contributed by atoms with van der Waals surface area (Å²) in [5.41, 5.74) is 0. The Morgan fingerprint density at radius 3 is 2.46 bits per heavy atom. The van der Waals surface area contributed by atoms with Crippen LogP contribution < -0.4 is 0 Å². The first kappa shape index (κ1) is 10.0. The van der Waals surface area contributed by atoms with Crippen LogP contribution in [0.3, 0.4) is 0 Å². The van der Waals surface area contributed by atoms with Crippen molar-refractivity contribution < 1.29 is 9.59 Å². The first-order valence-electron chi connectivity index (χ1n) is 4.55. The first-order chi connectivity index (χ1) is 6.15. The van der Waals surface area contributed by atoms with Crippen LogP contribution in [0.2, 0.25) is 0 Å². The average Bonchev–Trinajstić information content (AvgIpc) is 2.87. The highest BCUT2D eigenvalue weighted by atomic mass is 16.2. The fourth-order valence-electron chi connectivity index (χ4n) is 1.25. The number of hydrogen-bond donors (Lipinski definition) is 0. The summed E-state index contributed by atoms with van der Waals surface area (Å²) in [6.07, 6.45) is 3.20. The number of urea groups is 1. The molecule has 1 rings (SSSR count). The molecule has 0 aromatic rings. The van der Waals surface area contributed by atoms with Crippen LogP contribution in [0.5, 0.6) is 0 Å². The quantitative estimate of drug-likeness (QED) is 0.600. The number of carbonyl (C=O) groups is 2. The molecule has 0 saturated heterocycles. The molecule has 0 aromatic heterocycles. The molecule has 0 unspecified atom stereocenters. The van der Waals surface area contributed by atoms with E-state index >= 15 is 0 Å². The van der Waals surface area contributed by atoms with E-state index in [9.17, 15) is 9.59 Å². The summed E-state index contributed by atoms with van der Waals surface area (Å²) in [4.78, 5) is 24.8. The first-order valence-corrected chi connectivity index (χ1v) is 4.55. The zero-order chi connectivity index (χ0) is 9.84. The van der Waals surface area contributed by atoms with Gasteiger partial charge in [0.1, 0.15) is 6.29 Å². The fraction of sp³-hybridized carbons (Fsp3) is 0.778. The van der Waals surface area contributed by atoms with Gasteiger partial charge < -0.3 is 14.6 Å². The zero-order valence-electron chi connectivity index (χ0n) is 8.19. The van der Waals surface area contributed by atoms with Gasteiger partial charge in [-0.2, -0.15) is 0 Å². The van der Waals surface area contributed by atoms with Gasteiger partial charge in [0.15, 0.2) is 0 Å². The predicted molar refractivity (Wildman–Crippen MR) is 49.4 cm³/mol. The van der Waals surface area contributed by atoms with E-state index < -0.39 is 0 Å². The van der Waals surface area contributed by atoms with Crippen LogP contribution >= 0.6 is 0 Å². The molecule has 0 N–H and O–H groups in total. The van der Waals surface area contributed by atoms with Gasteiger partial charge in [-0.05, 0) is 18.8 Å². The second kappa shape index (κ2) is 4.25. The lowest BCUT2D eigenvalue weighted by Gasteiger charge is -2.23. The molecular formula is C9H16N2O2. The molecule has 2 amide bonds. The smallest absolute Gasteiger partial charge is 0.319 e. The van der Waals surface area contributed by atoms with E-state index in [1.54, 1.807) is 19.0 Å². The van der Waals surface area contributed by atoms with Gasteiger partial charge in [-0.15, -0.1) is 0 Å². The maximum atomic E-state index is 11.5. The second-order valence-corrected chi connectivity index (χ2v) is 3.65. The van der Waals surface area contributed by atoms with Crippen molar-refractivity contribution in [3.8, 4) is 0 Å². The molecule has 0 aromatic carbocycles. The molecule has 1 aliphatic rings. The Morgan fingerprint density at radius 1 is 1.38 bits per heavy atom. The molecule has 0 spiro atoms. The molecule has 0 heterocycles. The van der Waals surface area contributed by atoms with Crippen LogP contribution in [-0.2, 0) is 4.79 Å². The lowest BCUT2D eigenvalue weighted by atomic mass is 10.4. The third-order valence-electron chi connectivity index (χ3n) is 2.23. The van der Waals surface area contributed by atoms with Crippen LogP contribution in [-0.4, -0.2) is 49.3 Å². The van der Waals surface area contributed by atoms with Gasteiger partial charge in [0.25, 0.3) is 0 Å². The van der Waals surface area contributed by atoms with Crippen LogP contribution in [0.15, 0.2) is 0 Å². The molecular weight excluding hydrogens is 168 g/mol. The summed E-state index contributed by atoms with van der Waals surface area (Å²) in [5, 5.41) is 0. The number of likely N-dealkylation sites (N-methyl/N-ethyl adjacent to an activating group) is 1. The second-order valence-electron chi connectivity index (χ2n) is 3.65. The summed E-state index contributed by atoms with van der Waals surface area (Å²) in [6, 6.07) is -0.0704. The number of nitrogens with zero attached hydrogens (tertiary/aromatic N) is 2. The van der Waals surface area contributed by atoms with E-state index in [2.05, 4.69) is 0 Å². The predicted octanol–water partition coefficient (Wildman–Crippen LogP) is 0.579. The number of amides is 2. The SMILES string of the molecule is CN(CC=O)C(=O)N(C)CC1CC1. The topological polar surface area (TPSA) is 40.6 Å². The lowest BCUT2D eigenvalue weighted by Crippen LogP contribution is -2.40. The Morgan fingerprint density at radius 2 is 2.00 bits per heavy atom. The largest absolute Gasteiger partial charge is 0.327 e. The van der Waals surface area contributed by atoms with Crippen molar-refractivity contribution in [2.75, 3.05) is 27.2 Å². The molecule has 0 radical (unpaired) electrons. The maximum absolute atomic E-state index is 11.5. The van der Waals surface area contributed by atoms with E-state index in [1.807, 2.05) is 0 Å². The summed E-state index contributed by atoms with van der Waals surface area (Å²) in [5.74, 6) is 0.693. The van der Waals surface area contributed by atoms with Crippen molar-refractivity contribution in [1.29, 1.82) is 0 Å². The minimum atomic E-state index is -0.0704. The Bertz CT molecular complexity index is 202. The van der Waals surface area contributed by atoms with Crippen molar-refractivity contribution in [3.63, 3.8) is 0 Å². The van der Waals surface area contributed by atoms with E-state index in [1.165, 1.54) is 17.7 Å². The van der Waals surface area contributed by atoms with Gasteiger partial charge in [0.05, 0.1) is 6.54 Å². The highest BCUT2D eigenvalue weighted by molar-refractivity contribution is 5.76. The van der Waals surface area contributed by atoms with E-state index in [4.69, 9.17) is 0 Å². The molecule has 1 fully saturated rings. The monoisotopic (exact) mass is 184 g/mol. The minimum absolute atomic E-state index is 0.0704. The zero-order valence-corrected chi connectivity index (χ0v) is 8.19. The van der Waals surface area contributed by atoms with Gasteiger partial charge in [0.2, 0.25) is 0 Å². The number of aldehydes is 1. The Kier molecular flexibility index (Phi) is 3.28. The highest BCUT2D eigenvalue weighted by Gasteiger charge is 2.25. The summed E-state index contributed by atoms with van der Waals surface area (Å²) >= 11 is 0. The van der Waals surface area contributed by atoms with Gasteiger partial charge in [-0.25, -0.2) is 4.79 Å². The molecule has 74 valence electrons. The Balaban J connectivity index is 2.30. The van der Waals surface area contributed by atoms with Gasteiger partial charge >= 0.3 is 6.03 Å². The van der Waals surface area contributed by atoms with Crippen LogP contribution in [0, 0.1) is 5.92 Å². The molecule has 0 bridgehead atoms. The molecule has 0 aliphatic heterocycles. The van der Waals surface area contributed by atoms with Crippen molar-refractivity contribution in [2.45, 2.75) is 12.8 Å². The molecule has 13 heavy (non-hydrogen) atoms. The highest BCUT2D eigenvalue weighted by Crippen LogP contribution is 2.29. The number of carbonyl (C=O) groups excluding carboxylic acids is 2. The normalized spacial score (nSPS) is 15.2. The van der Waals surface area contributed by atoms with Gasteiger partial charge in [-0.3, -0.25) is 0 Å². The minimum Gasteiger partial charge on any atom is -0.327 e. The lowest BCUT2D eigenvalue weighted by molar-refractivity contribution is -0.108. The van der Waals surface area contributed by atoms with Crippen LogP contribution in [0.1, 0.15) is 12.8 Å². The molecule has 1 aliphatic carbocycles. The third kappa shape index (κ3) is 3.05. The third-order valence-corrected chi connectivity index (χ3v) is 2.23. The van der Waals surface area contributed by atoms with E-state index in [-0.39, 0.29) is 12.6 Å². The van der Waals surface area contributed by atoms with Crippen molar-refractivity contribution in [3.05, 3.63) is 0 Å².